The number of nitrogens with one attached hydrogen (secondary N) is 1. The molecule has 5 heteroatoms. The van der Waals surface area contributed by atoms with Crippen LogP contribution >= 0.6 is 0 Å². The van der Waals surface area contributed by atoms with Crippen molar-refractivity contribution >= 4 is 11.9 Å². The predicted molar refractivity (Wildman–Crippen MR) is 101 cm³/mol. The second-order valence-corrected chi connectivity index (χ2v) is 6.14. The van der Waals surface area contributed by atoms with Gasteiger partial charge in [0.1, 0.15) is 11.9 Å². The number of hydrogen-bond acceptors (Lipinski definition) is 2. The van der Waals surface area contributed by atoms with Gasteiger partial charge in [0.25, 0.3) is 5.91 Å². The molecule has 0 unspecified atom stereocenters. The molecular weight excluding hydrogens is 345 g/mol. The van der Waals surface area contributed by atoms with Gasteiger partial charge in [-0.25, -0.2) is 9.18 Å². The average Bonchev–Trinajstić information content (AvgIpc) is 2.69. The van der Waals surface area contributed by atoms with Crippen LogP contribution in [0.1, 0.15) is 15.9 Å². The largest absolute Gasteiger partial charge is 0.480 e. The van der Waals surface area contributed by atoms with E-state index in [1.807, 2.05) is 42.5 Å². The fourth-order valence-corrected chi connectivity index (χ4v) is 2.74. The van der Waals surface area contributed by atoms with Crippen LogP contribution in [0.2, 0.25) is 0 Å². The van der Waals surface area contributed by atoms with Crippen LogP contribution in [-0.2, 0) is 11.2 Å². The van der Waals surface area contributed by atoms with Crippen molar-refractivity contribution in [2.75, 3.05) is 0 Å². The standard InChI is InChI=1S/C22H18FNO3/c23-19-12-6-15(7-13-19)14-20(22(26)27)24-21(25)18-10-8-17(9-11-18)16-4-2-1-3-5-16/h1-13,20H,14H2,(H,24,25)(H,26,27)/t20-/m1/s1. The molecule has 0 bridgehead atoms. The van der Waals surface area contributed by atoms with E-state index in [0.29, 0.717) is 11.1 Å². The van der Waals surface area contributed by atoms with Crippen LogP contribution in [0.3, 0.4) is 0 Å². The molecule has 27 heavy (non-hydrogen) atoms. The Morgan fingerprint density at radius 1 is 0.852 bits per heavy atom. The maximum atomic E-state index is 13.0. The van der Waals surface area contributed by atoms with Crippen LogP contribution in [0, 0.1) is 5.82 Å². The lowest BCUT2D eigenvalue weighted by atomic mass is 10.0. The summed E-state index contributed by atoms with van der Waals surface area (Å²) in [5, 5.41) is 11.9. The lowest BCUT2D eigenvalue weighted by Gasteiger charge is -2.15. The molecule has 3 rings (SSSR count). The van der Waals surface area contributed by atoms with Gasteiger partial charge in [0.15, 0.2) is 0 Å². The first-order valence-electron chi connectivity index (χ1n) is 8.46. The number of aliphatic carboxylic acids is 1. The molecule has 1 atom stereocenters. The Morgan fingerprint density at radius 2 is 1.44 bits per heavy atom. The maximum absolute atomic E-state index is 13.0. The lowest BCUT2D eigenvalue weighted by molar-refractivity contribution is -0.139. The van der Waals surface area contributed by atoms with Crippen molar-refractivity contribution in [1.29, 1.82) is 0 Å². The van der Waals surface area contributed by atoms with Gasteiger partial charge >= 0.3 is 5.97 Å². The Kier molecular flexibility index (Phi) is 5.61. The van der Waals surface area contributed by atoms with Crippen LogP contribution in [0.25, 0.3) is 11.1 Å². The molecule has 0 aliphatic carbocycles. The summed E-state index contributed by atoms with van der Waals surface area (Å²) in [5.41, 5.74) is 3.00. The molecular formula is C22H18FNO3. The number of hydrogen-bond donors (Lipinski definition) is 2. The molecule has 0 heterocycles. The first-order chi connectivity index (χ1) is 13.0. The van der Waals surface area contributed by atoms with Crippen molar-refractivity contribution in [3.05, 3.63) is 95.8 Å². The molecule has 0 aliphatic rings. The summed E-state index contributed by atoms with van der Waals surface area (Å²) in [6.45, 7) is 0. The van der Waals surface area contributed by atoms with Crippen LogP contribution < -0.4 is 5.32 Å². The summed E-state index contributed by atoms with van der Waals surface area (Å²) < 4.78 is 13.0. The number of rotatable bonds is 6. The molecule has 3 aromatic carbocycles. The van der Waals surface area contributed by atoms with E-state index in [9.17, 15) is 19.1 Å². The van der Waals surface area contributed by atoms with E-state index in [1.165, 1.54) is 24.3 Å². The van der Waals surface area contributed by atoms with Gasteiger partial charge in [-0.2, -0.15) is 0 Å². The Morgan fingerprint density at radius 3 is 2.04 bits per heavy atom. The first kappa shape index (κ1) is 18.3. The quantitative estimate of drug-likeness (QED) is 0.698. The van der Waals surface area contributed by atoms with Crippen LogP contribution in [0.15, 0.2) is 78.9 Å². The Hall–Kier alpha value is -3.47. The van der Waals surface area contributed by atoms with Gasteiger partial charge in [-0.1, -0.05) is 54.6 Å². The van der Waals surface area contributed by atoms with E-state index in [-0.39, 0.29) is 6.42 Å². The molecule has 0 spiro atoms. The number of benzene rings is 3. The summed E-state index contributed by atoms with van der Waals surface area (Å²) >= 11 is 0. The number of carbonyl (C=O) groups is 2. The summed E-state index contributed by atoms with van der Waals surface area (Å²) in [7, 11) is 0. The van der Waals surface area contributed by atoms with Crippen molar-refractivity contribution in [2.45, 2.75) is 12.5 Å². The summed E-state index contributed by atoms with van der Waals surface area (Å²) in [5.74, 6) is -2.01. The number of carbonyl (C=O) groups excluding carboxylic acids is 1. The second-order valence-electron chi connectivity index (χ2n) is 6.14. The van der Waals surface area contributed by atoms with Crippen molar-refractivity contribution in [3.8, 4) is 11.1 Å². The summed E-state index contributed by atoms with van der Waals surface area (Å²) in [6.07, 6.45) is 0.0729. The molecule has 0 saturated carbocycles. The normalized spacial score (nSPS) is 11.6. The Bertz CT molecular complexity index is 922. The molecule has 0 aromatic heterocycles. The van der Waals surface area contributed by atoms with Gasteiger partial charge in [0, 0.05) is 12.0 Å². The summed E-state index contributed by atoms with van der Waals surface area (Å²) in [6, 6.07) is 21.1. The lowest BCUT2D eigenvalue weighted by Crippen LogP contribution is -2.42. The molecule has 0 radical (unpaired) electrons. The van der Waals surface area contributed by atoms with Crippen molar-refractivity contribution < 1.29 is 19.1 Å². The van der Waals surface area contributed by atoms with Crippen LogP contribution in [0.4, 0.5) is 4.39 Å². The molecule has 2 N–H and O–H groups in total. The highest BCUT2D eigenvalue weighted by atomic mass is 19.1. The molecule has 3 aromatic rings. The van der Waals surface area contributed by atoms with E-state index in [4.69, 9.17) is 0 Å². The summed E-state index contributed by atoms with van der Waals surface area (Å²) in [4.78, 5) is 23.9. The molecule has 4 nitrogen and oxygen atoms in total. The van der Waals surface area contributed by atoms with Gasteiger partial charge < -0.3 is 10.4 Å². The third-order valence-corrected chi connectivity index (χ3v) is 4.21. The van der Waals surface area contributed by atoms with Gasteiger partial charge in [-0.05, 0) is 41.0 Å². The molecule has 1 amide bonds. The minimum Gasteiger partial charge on any atom is -0.480 e. The van der Waals surface area contributed by atoms with Crippen molar-refractivity contribution in [2.24, 2.45) is 0 Å². The number of halogens is 1. The van der Waals surface area contributed by atoms with E-state index >= 15 is 0 Å². The molecule has 0 saturated heterocycles. The van der Waals surface area contributed by atoms with E-state index in [0.717, 1.165) is 11.1 Å². The Balaban J connectivity index is 1.70. The second kappa shape index (κ2) is 8.27. The predicted octanol–water partition coefficient (Wildman–Crippen LogP) is 3.92. The third kappa shape index (κ3) is 4.79. The highest BCUT2D eigenvalue weighted by Gasteiger charge is 2.21. The fourth-order valence-electron chi connectivity index (χ4n) is 2.74. The fraction of sp³-hybridized carbons (Fsp3) is 0.0909. The SMILES string of the molecule is O=C(N[C@H](Cc1ccc(F)cc1)C(=O)O)c1ccc(-c2ccccc2)cc1. The zero-order valence-corrected chi connectivity index (χ0v) is 14.4. The monoisotopic (exact) mass is 363 g/mol. The maximum Gasteiger partial charge on any atom is 0.326 e. The van der Waals surface area contributed by atoms with Crippen LogP contribution in [0.5, 0.6) is 0 Å². The molecule has 0 aliphatic heterocycles. The number of amides is 1. The first-order valence-corrected chi connectivity index (χ1v) is 8.46. The van der Waals surface area contributed by atoms with Gasteiger partial charge in [-0.3, -0.25) is 4.79 Å². The van der Waals surface area contributed by atoms with E-state index in [1.54, 1.807) is 12.1 Å². The smallest absolute Gasteiger partial charge is 0.326 e. The van der Waals surface area contributed by atoms with Gasteiger partial charge in [0.05, 0.1) is 0 Å². The van der Waals surface area contributed by atoms with Crippen LogP contribution in [-0.4, -0.2) is 23.0 Å². The van der Waals surface area contributed by atoms with E-state index in [2.05, 4.69) is 5.32 Å². The van der Waals surface area contributed by atoms with Crippen molar-refractivity contribution in [1.82, 2.24) is 5.32 Å². The highest BCUT2D eigenvalue weighted by Crippen LogP contribution is 2.19. The third-order valence-electron chi connectivity index (χ3n) is 4.21. The number of carboxylic acid groups (broad SMARTS) is 1. The molecule has 136 valence electrons. The Labute approximate surface area is 156 Å². The number of carboxylic acids is 1. The minimum atomic E-state index is -1.14. The minimum absolute atomic E-state index is 0.0729. The van der Waals surface area contributed by atoms with E-state index < -0.39 is 23.7 Å². The highest BCUT2D eigenvalue weighted by molar-refractivity contribution is 5.97. The average molecular weight is 363 g/mol. The topological polar surface area (TPSA) is 66.4 Å². The van der Waals surface area contributed by atoms with Crippen molar-refractivity contribution in [3.63, 3.8) is 0 Å². The van der Waals surface area contributed by atoms with Gasteiger partial charge in [0.2, 0.25) is 0 Å². The zero-order chi connectivity index (χ0) is 19.2. The van der Waals surface area contributed by atoms with Gasteiger partial charge in [-0.15, -0.1) is 0 Å². The zero-order valence-electron chi connectivity index (χ0n) is 14.4. The molecule has 0 fully saturated rings.